The molecular formula is C18H25N3O2. The van der Waals surface area contributed by atoms with E-state index in [2.05, 4.69) is 39.9 Å². The number of fused-ring (bicyclic) bond motifs is 1. The van der Waals surface area contributed by atoms with Crippen LogP contribution in [0, 0.1) is 0 Å². The summed E-state index contributed by atoms with van der Waals surface area (Å²) in [6, 6.07) is 8.44. The SMILES string of the molecule is CC(C)(C)OC(=O)NC/C=C/CNCc1ccc2[nH]ccc2c1. The smallest absolute Gasteiger partial charge is 0.407 e. The minimum atomic E-state index is -0.462. The zero-order valence-corrected chi connectivity index (χ0v) is 14.0. The first-order valence-electron chi connectivity index (χ1n) is 7.83. The Kier molecular flexibility index (Phi) is 5.82. The number of hydrogen-bond acceptors (Lipinski definition) is 3. The molecule has 0 bridgehead atoms. The van der Waals surface area contributed by atoms with E-state index in [4.69, 9.17) is 4.74 Å². The van der Waals surface area contributed by atoms with Gasteiger partial charge in [-0.1, -0.05) is 18.2 Å². The Balaban J connectivity index is 1.62. The average molecular weight is 315 g/mol. The van der Waals surface area contributed by atoms with Crippen LogP contribution in [0.25, 0.3) is 10.9 Å². The lowest BCUT2D eigenvalue weighted by Crippen LogP contribution is -2.32. The monoisotopic (exact) mass is 315 g/mol. The van der Waals surface area contributed by atoms with Gasteiger partial charge >= 0.3 is 6.09 Å². The molecular weight excluding hydrogens is 290 g/mol. The van der Waals surface area contributed by atoms with Crippen LogP contribution in [0.5, 0.6) is 0 Å². The molecule has 0 saturated heterocycles. The van der Waals surface area contributed by atoms with Crippen molar-refractivity contribution in [3.8, 4) is 0 Å². The van der Waals surface area contributed by atoms with Gasteiger partial charge in [0.1, 0.15) is 5.60 Å². The molecule has 1 amide bonds. The van der Waals surface area contributed by atoms with Gasteiger partial charge in [-0.2, -0.15) is 0 Å². The predicted octanol–water partition coefficient (Wildman–Crippen LogP) is 3.34. The summed E-state index contributed by atoms with van der Waals surface area (Å²) in [6.45, 7) is 7.56. The number of amides is 1. The van der Waals surface area contributed by atoms with E-state index >= 15 is 0 Å². The summed E-state index contributed by atoms with van der Waals surface area (Å²) in [5.41, 5.74) is 1.94. The summed E-state index contributed by atoms with van der Waals surface area (Å²) in [6.07, 6.45) is 5.45. The van der Waals surface area contributed by atoms with E-state index in [1.807, 2.05) is 39.1 Å². The highest BCUT2D eigenvalue weighted by Gasteiger charge is 2.14. The van der Waals surface area contributed by atoms with Crippen LogP contribution in [0.2, 0.25) is 0 Å². The molecule has 3 N–H and O–H groups in total. The van der Waals surface area contributed by atoms with Crippen LogP contribution >= 0.6 is 0 Å². The number of aromatic amines is 1. The predicted molar refractivity (Wildman–Crippen MR) is 93.4 cm³/mol. The van der Waals surface area contributed by atoms with Crippen molar-refractivity contribution in [2.24, 2.45) is 0 Å². The molecule has 0 radical (unpaired) electrons. The fourth-order valence-electron chi connectivity index (χ4n) is 2.14. The van der Waals surface area contributed by atoms with Crippen molar-refractivity contribution in [3.63, 3.8) is 0 Å². The Bertz CT molecular complexity index is 668. The second kappa shape index (κ2) is 7.83. The summed E-state index contributed by atoms with van der Waals surface area (Å²) >= 11 is 0. The molecule has 2 rings (SSSR count). The third-order valence-corrected chi connectivity index (χ3v) is 3.14. The van der Waals surface area contributed by atoms with Crippen molar-refractivity contribution in [3.05, 3.63) is 48.2 Å². The molecule has 1 aromatic heterocycles. The fraction of sp³-hybridized carbons (Fsp3) is 0.389. The number of hydrogen-bond donors (Lipinski definition) is 3. The second-order valence-electron chi connectivity index (χ2n) is 6.38. The number of ether oxygens (including phenoxy) is 1. The van der Waals surface area contributed by atoms with Crippen LogP contribution in [0.15, 0.2) is 42.6 Å². The number of nitrogens with one attached hydrogen (secondary N) is 3. The van der Waals surface area contributed by atoms with Crippen molar-refractivity contribution in [2.75, 3.05) is 13.1 Å². The Labute approximate surface area is 137 Å². The van der Waals surface area contributed by atoms with Crippen LogP contribution in [-0.4, -0.2) is 29.8 Å². The minimum Gasteiger partial charge on any atom is -0.444 e. The Morgan fingerprint density at radius 1 is 1.22 bits per heavy atom. The van der Waals surface area contributed by atoms with Gasteiger partial charge in [0.05, 0.1) is 0 Å². The molecule has 5 heteroatoms. The number of H-pyrrole nitrogens is 1. The van der Waals surface area contributed by atoms with Crippen molar-refractivity contribution < 1.29 is 9.53 Å². The van der Waals surface area contributed by atoms with Gasteiger partial charge < -0.3 is 20.4 Å². The average Bonchev–Trinajstić information content (AvgIpc) is 2.92. The number of carbonyl (C=O) groups excluding carboxylic acids is 1. The van der Waals surface area contributed by atoms with E-state index in [1.54, 1.807) is 0 Å². The van der Waals surface area contributed by atoms with Crippen LogP contribution in [0.4, 0.5) is 4.79 Å². The molecule has 5 nitrogen and oxygen atoms in total. The summed E-state index contributed by atoms with van der Waals surface area (Å²) in [4.78, 5) is 14.6. The van der Waals surface area contributed by atoms with Crippen molar-refractivity contribution in [1.82, 2.24) is 15.6 Å². The molecule has 23 heavy (non-hydrogen) atoms. The largest absolute Gasteiger partial charge is 0.444 e. The quantitative estimate of drug-likeness (QED) is 0.566. The molecule has 0 aliphatic heterocycles. The molecule has 0 atom stereocenters. The van der Waals surface area contributed by atoms with E-state index in [0.717, 1.165) is 18.6 Å². The third kappa shape index (κ3) is 6.16. The molecule has 1 aromatic carbocycles. The van der Waals surface area contributed by atoms with Crippen molar-refractivity contribution in [2.45, 2.75) is 32.9 Å². The number of aromatic nitrogens is 1. The third-order valence-electron chi connectivity index (χ3n) is 3.14. The second-order valence-corrected chi connectivity index (χ2v) is 6.38. The Morgan fingerprint density at radius 3 is 2.78 bits per heavy atom. The molecule has 2 aromatic rings. The zero-order chi connectivity index (χ0) is 16.7. The summed E-state index contributed by atoms with van der Waals surface area (Å²) in [5, 5.41) is 7.25. The van der Waals surface area contributed by atoms with E-state index in [9.17, 15) is 4.79 Å². The van der Waals surface area contributed by atoms with Crippen LogP contribution < -0.4 is 10.6 Å². The molecule has 0 spiro atoms. The zero-order valence-electron chi connectivity index (χ0n) is 14.0. The van der Waals surface area contributed by atoms with Crippen LogP contribution in [0.1, 0.15) is 26.3 Å². The molecule has 0 aliphatic rings. The standard InChI is InChI=1S/C18H25N3O2/c1-18(2,3)23-17(22)21-10-5-4-9-19-13-14-6-7-16-15(12-14)8-11-20-16/h4-8,11-12,19-20H,9-10,13H2,1-3H3,(H,21,22)/b5-4+. The van der Waals surface area contributed by atoms with Gasteiger partial charge in [-0.05, 0) is 49.9 Å². The maximum atomic E-state index is 11.4. The maximum absolute atomic E-state index is 11.4. The molecule has 0 fully saturated rings. The molecule has 0 saturated carbocycles. The first-order chi connectivity index (χ1) is 10.9. The highest BCUT2D eigenvalue weighted by atomic mass is 16.6. The first kappa shape index (κ1) is 17.1. The van der Waals surface area contributed by atoms with Gasteiger partial charge in [-0.3, -0.25) is 0 Å². The van der Waals surface area contributed by atoms with Gasteiger partial charge in [0.15, 0.2) is 0 Å². The Morgan fingerprint density at radius 2 is 2.00 bits per heavy atom. The van der Waals surface area contributed by atoms with Crippen molar-refractivity contribution in [1.29, 1.82) is 0 Å². The summed E-state index contributed by atoms with van der Waals surface area (Å²) < 4.78 is 5.15. The lowest BCUT2D eigenvalue weighted by Gasteiger charge is -2.19. The van der Waals surface area contributed by atoms with Crippen LogP contribution in [-0.2, 0) is 11.3 Å². The van der Waals surface area contributed by atoms with E-state index in [0.29, 0.717) is 6.54 Å². The van der Waals surface area contributed by atoms with Crippen molar-refractivity contribution >= 4 is 17.0 Å². The number of alkyl carbamates (subject to hydrolysis) is 1. The molecule has 0 aliphatic carbocycles. The van der Waals surface area contributed by atoms with E-state index in [1.165, 1.54) is 10.9 Å². The summed E-state index contributed by atoms with van der Waals surface area (Å²) in [7, 11) is 0. The highest BCUT2D eigenvalue weighted by molar-refractivity contribution is 5.79. The van der Waals surface area contributed by atoms with Gasteiger partial charge in [0, 0.05) is 31.3 Å². The topological polar surface area (TPSA) is 66.2 Å². The number of rotatable bonds is 6. The summed E-state index contributed by atoms with van der Waals surface area (Å²) in [5.74, 6) is 0. The fourth-order valence-corrected chi connectivity index (χ4v) is 2.14. The maximum Gasteiger partial charge on any atom is 0.407 e. The lowest BCUT2D eigenvalue weighted by molar-refractivity contribution is 0.0534. The molecule has 124 valence electrons. The van der Waals surface area contributed by atoms with Gasteiger partial charge in [-0.15, -0.1) is 0 Å². The molecule has 1 heterocycles. The normalized spacial score (nSPS) is 12.0. The number of benzene rings is 1. The Hall–Kier alpha value is -2.27. The first-order valence-corrected chi connectivity index (χ1v) is 7.83. The minimum absolute atomic E-state index is 0.394. The van der Waals surface area contributed by atoms with Gasteiger partial charge in [-0.25, -0.2) is 4.79 Å². The lowest BCUT2D eigenvalue weighted by atomic mass is 10.1. The van der Waals surface area contributed by atoms with E-state index < -0.39 is 11.7 Å². The van der Waals surface area contributed by atoms with Gasteiger partial charge in [0.25, 0.3) is 0 Å². The highest BCUT2D eigenvalue weighted by Crippen LogP contribution is 2.13. The van der Waals surface area contributed by atoms with Crippen LogP contribution in [0.3, 0.4) is 0 Å². The number of carbonyl (C=O) groups is 1. The van der Waals surface area contributed by atoms with Gasteiger partial charge in [0.2, 0.25) is 0 Å². The van der Waals surface area contributed by atoms with E-state index in [-0.39, 0.29) is 0 Å². The molecule has 0 unspecified atom stereocenters.